The smallest absolute Gasteiger partial charge is 0.307 e. The van der Waals surface area contributed by atoms with Gasteiger partial charge in [0.15, 0.2) is 0 Å². The van der Waals surface area contributed by atoms with E-state index in [2.05, 4.69) is 21.2 Å². The number of carboxylic acids is 1. The van der Waals surface area contributed by atoms with Gasteiger partial charge in [0.1, 0.15) is 5.75 Å². The second kappa shape index (κ2) is 4.90. The third-order valence-electron chi connectivity index (χ3n) is 3.56. The highest BCUT2D eigenvalue weighted by Gasteiger charge is 2.32. The molecule has 2 rings (SSSR count). The molecule has 1 aliphatic heterocycles. The van der Waals surface area contributed by atoms with Gasteiger partial charge in [-0.05, 0) is 59.0 Å². The number of carboxylic acid groups (broad SMARTS) is 1. The second-order valence-electron chi connectivity index (χ2n) is 4.80. The van der Waals surface area contributed by atoms with E-state index >= 15 is 0 Å². The predicted octanol–water partition coefficient (Wildman–Crippen LogP) is 2.51. The molecule has 0 aromatic heterocycles. The molecule has 0 bridgehead atoms. The number of halogens is 1. The fraction of sp³-hybridized carbons (Fsp3) is 0.462. The fourth-order valence-electron chi connectivity index (χ4n) is 2.63. The van der Waals surface area contributed by atoms with Gasteiger partial charge in [-0.25, -0.2) is 0 Å². The first-order chi connectivity index (χ1) is 8.41. The van der Waals surface area contributed by atoms with Crippen molar-refractivity contribution in [3.63, 3.8) is 0 Å². The summed E-state index contributed by atoms with van der Waals surface area (Å²) in [7, 11) is 0. The number of hydrogen-bond acceptors (Lipinski definition) is 3. The van der Waals surface area contributed by atoms with Crippen LogP contribution in [0.25, 0.3) is 0 Å². The summed E-state index contributed by atoms with van der Waals surface area (Å²) in [6, 6.07) is 1.75. The Morgan fingerprint density at radius 1 is 1.50 bits per heavy atom. The lowest BCUT2D eigenvalue weighted by Gasteiger charge is -2.19. The lowest BCUT2D eigenvalue weighted by Crippen LogP contribution is -2.18. The summed E-state index contributed by atoms with van der Waals surface area (Å²) in [6.45, 7) is 4.36. The van der Waals surface area contributed by atoms with Crippen LogP contribution in [0.5, 0.6) is 5.75 Å². The zero-order valence-corrected chi connectivity index (χ0v) is 11.9. The van der Waals surface area contributed by atoms with E-state index in [-0.39, 0.29) is 17.7 Å². The molecule has 0 aliphatic carbocycles. The van der Waals surface area contributed by atoms with E-state index in [0.717, 1.165) is 16.7 Å². The van der Waals surface area contributed by atoms with Crippen LogP contribution in [0.1, 0.15) is 29.2 Å². The van der Waals surface area contributed by atoms with Crippen molar-refractivity contribution < 1.29 is 15.0 Å². The van der Waals surface area contributed by atoms with Crippen LogP contribution >= 0.6 is 15.9 Å². The molecule has 2 atom stereocenters. The molecule has 1 saturated heterocycles. The van der Waals surface area contributed by atoms with Crippen molar-refractivity contribution >= 4 is 21.9 Å². The maximum Gasteiger partial charge on any atom is 0.307 e. The van der Waals surface area contributed by atoms with Crippen molar-refractivity contribution in [2.75, 3.05) is 6.54 Å². The summed E-state index contributed by atoms with van der Waals surface area (Å²) >= 11 is 3.36. The van der Waals surface area contributed by atoms with Gasteiger partial charge in [0, 0.05) is 12.6 Å². The van der Waals surface area contributed by atoms with Gasteiger partial charge < -0.3 is 15.5 Å². The van der Waals surface area contributed by atoms with Gasteiger partial charge in [-0.3, -0.25) is 4.79 Å². The van der Waals surface area contributed by atoms with Crippen LogP contribution in [0, 0.1) is 19.8 Å². The van der Waals surface area contributed by atoms with Crippen LogP contribution in [0.4, 0.5) is 0 Å². The van der Waals surface area contributed by atoms with Crippen LogP contribution < -0.4 is 5.32 Å². The molecule has 3 N–H and O–H groups in total. The first-order valence-electron chi connectivity index (χ1n) is 5.86. The van der Waals surface area contributed by atoms with Crippen molar-refractivity contribution in [1.29, 1.82) is 0 Å². The Labute approximate surface area is 114 Å². The third-order valence-corrected chi connectivity index (χ3v) is 4.57. The van der Waals surface area contributed by atoms with Gasteiger partial charge in [0.25, 0.3) is 0 Å². The number of aliphatic carboxylic acids is 1. The summed E-state index contributed by atoms with van der Waals surface area (Å²) in [5, 5.41) is 22.0. The van der Waals surface area contributed by atoms with E-state index in [9.17, 15) is 9.90 Å². The number of phenolic OH excluding ortho intramolecular Hbond substituents is 1. The van der Waals surface area contributed by atoms with Gasteiger partial charge in [-0.15, -0.1) is 0 Å². The first-order valence-corrected chi connectivity index (χ1v) is 6.65. The highest BCUT2D eigenvalue weighted by Crippen LogP contribution is 2.38. The average Bonchev–Trinajstić information content (AvgIpc) is 2.75. The van der Waals surface area contributed by atoms with Crippen molar-refractivity contribution in [1.82, 2.24) is 5.32 Å². The normalized spacial score (nSPS) is 23.3. The second-order valence-corrected chi connectivity index (χ2v) is 5.59. The number of benzene rings is 1. The Balaban J connectivity index is 2.36. The summed E-state index contributed by atoms with van der Waals surface area (Å²) in [5.41, 5.74) is 3.04. The molecule has 1 aliphatic rings. The summed E-state index contributed by atoms with van der Waals surface area (Å²) in [6.07, 6.45) is 0.591. The van der Waals surface area contributed by atoms with E-state index in [4.69, 9.17) is 5.11 Å². The van der Waals surface area contributed by atoms with Crippen molar-refractivity contribution in [2.45, 2.75) is 26.3 Å². The topological polar surface area (TPSA) is 69.6 Å². The molecule has 1 aromatic carbocycles. The molecule has 0 spiro atoms. The molecule has 0 radical (unpaired) electrons. The lowest BCUT2D eigenvalue weighted by molar-refractivity contribution is -0.141. The van der Waals surface area contributed by atoms with Gasteiger partial charge >= 0.3 is 5.97 Å². The molecule has 2 unspecified atom stereocenters. The number of nitrogens with one attached hydrogen (secondary N) is 1. The first kappa shape index (κ1) is 13.4. The monoisotopic (exact) mass is 313 g/mol. The van der Waals surface area contributed by atoms with E-state index in [1.165, 1.54) is 0 Å². The highest BCUT2D eigenvalue weighted by atomic mass is 79.9. The fourth-order valence-corrected chi connectivity index (χ4v) is 2.96. The minimum absolute atomic E-state index is 0.0444. The van der Waals surface area contributed by atoms with E-state index in [0.29, 0.717) is 17.4 Å². The molecule has 1 heterocycles. The zero-order chi connectivity index (χ0) is 13.4. The number of phenols is 1. The number of aromatic hydroxyl groups is 1. The Morgan fingerprint density at radius 2 is 2.17 bits per heavy atom. The van der Waals surface area contributed by atoms with E-state index in [1.807, 2.05) is 13.8 Å². The van der Waals surface area contributed by atoms with Gasteiger partial charge in [-0.1, -0.05) is 0 Å². The average molecular weight is 314 g/mol. The Bertz CT molecular complexity index is 501. The number of aryl methyl sites for hydroxylation is 1. The molecule has 0 saturated carbocycles. The van der Waals surface area contributed by atoms with Gasteiger partial charge in [0.05, 0.1) is 10.4 Å². The van der Waals surface area contributed by atoms with Gasteiger partial charge in [-0.2, -0.15) is 0 Å². The SMILES string of the molecule is Cc1cc(O)c(Br)c(C)c1C1CC(C(=O)O)CN1. The molecule has 18 heavy (non-hydrogen) atoms. The maximum absolute atomic E-state index is 11.0. The van der Waals surface area contributed by atoms with Crippen molar-refractivity contribution in [3.05, 3.63) is 27.2 Å². The molecule has 98 valence electrons. The molecule has 1 aromatic rings. The maximum atomic E-state index is 11.0. The molecular weight excluding hydrogens is 298 g/mol. The summed E-state index contributed by atoms with van der Waals surface area (Å²) in [4.78, 5) is 11.0. The Hall–Kier alpha value is -1.07. The summed E-state index contributed by atoms with van der Waals surface area (Å²) < 4.78 is 0.684. The molecule has 1 fully saturated rings. The van der Waals surface area contributed by atoms with Crippen molar-refractivity contribution in [2.24, 2.45) is 5.92 Å². The quantitative estimate of drug-likeness (QED) is 0.784. The predicted molar refractivity (Wildman–Crippen MR) is 71.8 cm³/mol. The van der Waals surface area contributed by atoms with Gasteiger partial charge in [0.2, 0.25) is 0 Å². The summed E-state index contributed by atoms with van der Waals surface area (Å²) in [5.74, 6) is -0.860. The lowest BCUT2D eigenvalue weighted by atomic mass is 9.92. The Morgan fingerprint density at radius 3 is 2.72 bits per heavy atom. The minimum atomic E-state index is -0.752. The standard InChI is InChI=1S/C13H16BrNO3/c1-6-3-10(16)12(14)7(2)11(6)9-4-8(5-15-9)13(17)18/h3,8-9,15-16H,4-5H2,1-2H3,(H,17,18). The van der Waals surface area contributed by atoms with Crippen LogP contribution in [0.3, 0.4) is 0 Å². The van der Waals surface area contributed by atoms with Crippen molar-refractivity contribution in [3.8, 4) is 5.75 Å². The van der Waals surface area contributed by atoms with E-state index < -0.39 is 5.97 Å². The largest absolute Gasteiger partial charge is 0.507 e. The Kier molecular flexibility index (Phi) is 3.64. The van der Waals surface area contributed by atoms with Crippen LogP contribution in [0.2, 0.25) is 0 Å². The van der Waals surface area contributed by atoms with Crippen LogP contribution in [-0.4, -0.2) is 22.7 Å². The third kappa shape index (κ3) is 2.24. The molecule has 5 heteroatoms. The van der Waals surface area contributed by atoms with Crippen LogP contribution in [0.15, 0.2) is 10.5 Å². The minimum Gasteiger partial charge on any atom is -0.507 e. The molecular formula is C13H16BrNO3. The zero-order valence-electron chi connectivity index (χ0n) is 10.3. The molecule has 0 amide bonds. The number of carbonyl (C=O) groups is 1. The number of rotatable bonds is 2. The van der Waals surface area contributed by atoms with E-state index in [1.54, 1.807) is 6.07 Å². The van der Waals surface area contributed by atoms with Crippen LogP contribution in [-0.2, 0) is 4.79 Å². The highest BCUT2D eigenvalue weighted by molar-refractivity contribution is 9.10. The molecule has 4 nitrogen and oxygen atoms in total. The number of hydrogen-bond donors (Lipinski definition) is 3.